The third kappa shape index (κ3) is 4.12. The maximum atomic E-state index is 12.2. The van der Waals surface area contributed by atoms with Crippen molar-refractivity contribution in [3.63, 3.8) is 0 Å². The van der Waals surface area contributed by atoms with Gasteiger partial charge in [-0.15, -0.1) is 0 Å². The number of hydrogen-bond donors (Lipinski definition) is 1. The van der Waals surface area contributed by atoms with Gasteiger partial charge in [-0.1, -0.05) is 19.9 Å². The van der Waals surface area contributed by atoms with Gasteiger partial charge >= 0.3 is 0 Å². The summed E-state index contributed by atoms with van der Waals surface area (Å²) >= 11 is 5.39. The van der Waals surface area contributed by atoms with Crippen LogP contribution in [0.5, 0.6) is 11.5 Å². The fourth-order valence-corrected chi connectivity index (χ4v) is 3.04. The van der Waals surface area contributed by atoms with Crippen LogP contribution in [0.25, 0.3) is 0 Å². The van der Waals surface area contributed by atoms with Gasteiger partial charge in [0.15, 0.2) is 22.4 Å². The van der Waals surface area contributed by atoms with Gasteiger partial charge < -0.3 is 19.7 Å². The fraction of sp³-hybridized carbons (Fsp3) is 0.474. The number of hydrogen-bond acceptors (Lipinski definition) is 4. The lowest BCUT2D eigenvalue weighted by Crippen LogP contribution is -2.45. The number of ketones is 1. The predicted octanol–water partition coefficient (Wildman–Crippen LogP) is 3.45. The molecular weight excluding hydrogens is 336 g/mol. The summed E-state index contributed by atoms with van der Waals surface area (Å²) in [5.74, 6) is 1.78. The molecule has 0 radical (unpaired) electrons. The molecule has 1 heterocycles. The molecule has 0 fully saturated rings. The van der Waals surface area contributed by atoms with Gasteiger partial charge in [0.25, 0.3) is 0 Å². The van der Waals surface area contributed by atoms with E-state index < -0.39 is 0 Å². The summed E-state index contributed by atoms with van der Waals surface area (Å²) in [7, 11) is 3.47. The van der Waals surface area contributed by atoms with E-state index >= 15 is 0 Å². The van der Waals surface area contributed by atoms with Crippen molar-refractivity contribution in [2.45, 2.75) is 33.7 Å². The highest BCUT2D eigenvalue weighted by Crippen LogP contribution is 2.35. The van der Waals surface area contributed by atoms with Gasteiger partial charge in [0, 0.05) is 18.3 Å². The standard InChI is InChI=1S/C19H26N2O3S/c1-11(2)10-24-15-8-7-14(9-16(15)23-6)18-17(13(4)22)12(3)21(5)19(25)20-18/h7-9,11,18H,10H2,1-6H3,(H,20,25). The second-order valence-corrected chi connectivity index (χ2v) is 7.00. The lowest BCUT2D eigenvalue weighted by molar-refractivity contribution is -0.114. The molecule has 1 unspecified atom stereocenters. The minimum atomic E-state index is -0.297. The molecular formula is C19H26N2O3S. The van der Waals surface area contributed by atoms with Gasteiger partial charge in [-0.2, -0.15) is 0 Å². The van der Waals surface area contributed by atoms with E-state index in [0.717, 1.165) is 11.3 Å². The first-order valence-electron chi connectivity index (χ1n) is 8.32. The first-order valence-corrected chi connectivity index (χ1v) is 8.73. The Morgan fingerprint density at radius 2 is 2.04 bits per heavy atom. The van der Waals surface area contributed by atoms with Crippen molar-refractivity contribution in [1.82, 2.24) is 10.2 Å². The Morgan fingerprint density at radius 3 is 2.60 bits per heavy atom. The van der Waals surface area contributed by atoms with Crippen molar-refractivity contribution in [1.29, 1.82) is 0 Å². The summed E-state index contributed by atoms with van der Waals surface area (Å²) < 4.78 is 11.3. The lowest BCUT2D eigenvalue weighted by atomic mass is 9.92. The molecule has 0 aliphatic carbocycles. The van der Waals surface area contributed by atoms with Crippen LogP contribution in [0.3, 0.4) is 0 Å². The summed E-state index contributed by atoms with van der Waals surface area (Å²) in [6.45, 7) is 8.29. The highest BCUT2D eigenvalue weighted by atomic mass is 32.1. The van der Waals surface area contributed by atoms with Crippen LogP contribution in [0.2, 0.25) is 0 Å². The normalized spacial score (nSPS) is 17.6. The number of Topliss-reactive ketones (excluding diaryl/α,β-unsaturated/α-hetero) is 1. The number of benzene rings is 1. The molecule has 0 bridgehead atoms. The topological polar surface area (TPSA) is 50.8 Å². The van der Waals surface area contributed by atoms with Gasteiger partial charge in [0.05, 0.1) is 19.8 Å². The lowest BCUT2D eigenvalue weighted by Gasteiger charge is -2.35. The Hall–Kier alpha value is -2.08. The summed E-state index contributed by atoms with van der Waals surface area (Å²) in [5, 5.41) is 3.84. The van der Waals surface area contributed by atoms with Gasteiger partial charge in [0.1, 0.15) is 0 Å². The number of rotatable bonds is 6. The van der Waals surface area contributed by atoms with Crippen molar-refractivity contribution in [2.75, 3.05) is 20.8 Å². The second-order valence-electron chi connectivity index (χ2n) is 6.61. The molecule has 0 saturated heterocycles. The molecule has 0 aromatic heterocycles. The zero-order valence-electron chi connectivity index (χ0n) is 15.7. The van der Waals surface area contributed by atoms with Gasteiger partial charge in [-0.05, 0) is 49.7 Å². The van der Waals surface area contributed by atoms with Gasteiger partial charge in [-0.3, -0.25) is 4.79 Å². The molecule has 5 nitrogen and oxygen atoms in total. The molecule has 1 aromatic carbocycles. The molecule has 1 N–H and O–H groups in total. The van der Waals surface area contributed by atoms with Crippen molar-refractivity contribution in [3.05, 3.63) is 35.0 Å². The first-order chi connectivity index (χ1) is 11.8. The Labute approximate surface area is 155 Å². The van der Waals surface area contributed by atoms with Crippen LogP contribution in [0.1, 0.15) is 39.3 Å². The highest BCUT2D eigenvalue weighted by molar-refractivity contribution is 7.80. The van der Waals surface area contributed by atoms with Crippen LogP contribution in [-0.2, 0) is 4.79 Å². The maximum absolute atomic E-state index is 12.2. The molecule has 1 aromatic rings. The highest BCUT2D eigenvalue weighted by Gasteiger charge is 2.31. The van der Waals surface area contributed by atoms with Crippen LogP contribution in [0.4, 0.5) is 0 Å². The molecule has 1 aliphatic heterocycles. The van der Waals surface area contributed by atoms with Crippen LogP contribution < -0.4 is 14.8 Å². The van der Waals surface area contributed by atoms with E-state index in [1.54, 1.807) is 14.0 Å². The summed E-state index contributed by atoms with van der Waals surface area (Å²) in [6.07, 6.45) is 0. The molecule has 25 heavy (non-hydrogen) atoms. The Bertz CT molecular complexity index is 713. The van der Waals surface area contributed by atoms with Crippen molar-refractivity contribution < 1.29 is 14.3 Å². The average molecular weight is 362 g/mol. The number of nitrogens with zero attached hydrogens (tertiary/aromatic N) is 1. The number of nitrogens with one attached hydrogen (secondary N) is 1. The smallest absolute Gasteiger partial charge is 0.173 e. The zero-order valence-corrected chi connectivity index (χ0v) is 16.5. The number of methoxy groups -OCH3 is 1. The van der Waals surface area contributed by atoms with Crippen molar-refractivity contribution in [2.24, 2.45) is 5.92 Å². The third-order valence-corrected chi connectivity index (χ3v) is 4.62. The summed E-state index contributed by atoms with van der Waals surface area (Å²) in [5.41, 5.74) is 2.48. The van der Waals surface area contributed by atoms with Gasteiger partial charge in [0.2, 0.25) is 0 Å². The minimum absolute atomic E-state index is 0.0171. The SMILES string of the molecule is COc1cc(C2NC(=S)N(C)C(C)=C2C(C)=O)ccc1OCC(C)C. The van der Waals surface area contributed by atoms with Crippen molar-refractivity contribution in [3.8, 4) is 11.5 Å². The fourth-order valence-electron chi connectivity index (χ4n) is 2.78. The number of carbonyl (C=O) groups excluding carboxylic acids is 1. The summed E-state index contributed by atoms with van der Waals surface area (Å²) in [6, 6.07) is 5.43. The van der Waals surface area contributed by atoms with Gasteiger partial charge in [-0.25, -0.2) is 0 Å². The van der Waals surface area contributed by atoms with E-state index in [0.29, 0.717) is 34.7 Å². The third-order valence-electron chi connectivity index (χ3n) is 4.23. The molecule has 0 amide bonds. The molecule has 136 valence electrons. The number of allylic oxidation sites excluding steroid dienone is 1. The molecule has 6 heteroatoms. The Balaban J connectivity index is 2.42. The maximum Gasteiger partial charge on any atom is 0.173 e. The van der Waals surface area contributed by atoms with E-state index in [1.807, 2.05) is 37.1 Å². The van der Waals surface area contributed by atoms with Crippen LogP contribution in [0.15, 0.2) is 29.5 Å². The average Bonchev–Trinajstić information content (AvgIpc) is 2.56. The van der Waals surface area contributed by atoms with E-state index in [1.165, 1.54) is 0 Å². The second kappa shape index (κ2) is 7.87. The van der Waals surface area contributed by atoms with E-state index in [9.17, 15) is 4.79 Å². The molecule has 1 aliphatic rings. The Morgan fingerprint density at radius 1 is 1.36 bits per heavy atom. The quantitative estimate of drug-likeness (QED) is 0.782. The number of carbonyl (C=O) groups is 1. The molecule has 2 rings (SSSR count). The van der Waals surface area contributed by atoms with E-state index in [2.05, 4.69) is 19.2 Å². The predicted molar refractivity (Wildman–Crippen MR) is 103 cm³/mol. The number of ether oxygens (including phenoxy) is 2. The minimum Gasteiger partial charge on any atom is -0.493 e. The van der Waals surface area contributed by atoms with Crippen LogP contribution >= 0.6 is 12.2 Å². The number of thiocarbonyl (C=S) groups is 1. The van der Waals surface area contributed by atoms with Crippen molar-refractivity contribution >= 4 is 23.1 Å². The van der Waals surface area contributed by atoms with E-state index in [4.69, 9.17) is 21.7 Å². The van der Waals surface area contributed by atoms with E-state index in [-0.39, 0.29) is 11.8 Å². The first kappa shape index (κ1) is 19.2. The van der Waals surface area contributed by atoms with Crippen LogP contribution in [0, 0.1) is 5.92 Å². The summed E-state index contributed by atoms with van der Waals surface area (Å²) in [4.78, 5) is 14.0. The zero-order chi connectivity index (χ0) is 18.7. The van der Waals surface area contributed by atoms with Crippen LogP contribution in [-0.4, -0.2) is 36.6 Å². The monoisotopic (exact) mass is 362 g/mol. The molecule has 0 saturated carbocycles. The molecule has 1 atom stereocenters. The largest absolute Gasteiger partial charge is 0.493 e. The molecule has 0 spiro atoms. The Kier molecular flexibility index (Phi) is 6.06.